The summed E-state index contributed by atoms with van der Waals surface area (Å²) in [5, 5.41) is 6.74. The maximum atomic E-state index is 3.45. The highest BCUT2D eigenvalue weighted by Gasteiger charge is 2.14. The second kappa shape index (κ2) is 3.56. The molecule has 1 fully saturated rings. The molecule has 0 radical (unpaired) electrons. The Morgan fingerprint density at radius 2 is 2.00 bits per heavy atom. The van der Waals surface area contributed by atoms with Crippen LogP contribution >= 0.6 is 15.9 Å². The second-order valence-corrected chi connectivity index (χ2v) is 3.81. The third kappa shape index (κ3) is 1.68. The summed E-state index contributed by atoms with van der Waals surface area (Å²) < 4.78 is 1.13. The molecule has 0 bridgehead atoms. The fraction of sp³-hybridized carbons (Fsp3) is 0.333. The van der Waals surface area contributed by atoms with Crippen LogP contribution in [0.3, 0.4) is 0 Å². The van der Waals surface area contributed by atoms with Crippen LogP contribution in [0.4, 0.5) is 0 Å². The smallest absolute Gasteiger partial charge is 0.0836 e. The molecule has 1 aliphatic rings. The lowest BCUT2D eigenvalue weighted by Crippen LogP contribution is -2.20. The normalized spacial score (nSPS) is 18.4. The van der Waals surface area contributed by atoms with Gasteiger partial charge in [0.25, 0.3) is 0 Å². The average Bonchev–Trinajstić information content (AvgIpc) is 2.56. The summed E-state index contributed by atoms with van der Waals surface area (Å²) in [5.74, 6) is 0. The van der Waals surface area contributed by atoms with E-state index in [4.69, 9.17) is 0 Å². The van der Waals surface area contributed by atoms with Crippen molar-refractivity contribution < 1.29 is 0 Å². The number of nitrogens with one attached hydrogen (secondary N) is 2. The number of hydrogen-bond acceptors (Lipinski definition) is 2. The summed E-state index contributed by atoms with van der Waals surface area (Å²) >= 11 is 3.45. The highest BCUT2D eigenvalue weighted by molar-refractivity contribution is 9.10. The van der Waals surface area contributed by atoms with Crippen molar-refractivity contribution in [2.45, 2.75) is 6.17 Å². The van der Waals surface area contributed by atoms with Crippen LogP contribution in [0, 0.1) is 0 Å². The maximum Gasteiger partial charge on any atom is 0.0836 e. The highest BCUT2D eigenvalue weighted by atomic mass is 79.9. The van der Waals surface area contributed by atoms with E-state index in [2.05, 4.69) is 44.8 Å². The van der Waals surface area contributed by atoms with E-state index in [9.17, 15) is 0 Å². The van der Waals surface area contributed by atoms with Crippen molar-refractivity contribution in [3.05, 3.63) is 34.3 Å². The Bertz CT molecular complexity index is 269. The van der Waals surface area contributed by atoms with E-state index >= 15 is 0 Å². The largest absolute Gasteiger partial charge is 0.297 e. The van der Waals surface area contributed by atoms with Crippen LogP contribution in [-0.4, -0.2) is 13.1 Å². The molecule has 1 heterocycles. The Kier molecular flexibility index (Phi) is 2.44. The molecule has 1 saturated heterocycles. The van der Waals surface area contributed by atoms with Crippen molar-refractivity contribution >= 4 is 15.9 Å². The molecule has 0 atom stereocenters. The average molecular weight is 227 g/mol. The van der Waals surface area contributed by atoms with Crippen LogP contribution in [-0.2, 0) is 0 Å². The zero-order valence-electron chi connectivity index (χ0n) is 6.68. The van der Waals surface area contributed by atoms with Crippen molar-refractivity contribution in [1.29, 1.82) is 0 Å². The second-order valence-electron chi connectivity index (χ2n) is 2.90. The van der Waals surface area contributed by atoms with Gasteiger partial charge >= 0.3 is 0 Å². The third-order valence-corrected chi connectivity index (χ3v) is 2.50. The maximum absolute atomic E-state index is 3.45. The molecule has 0 aliphatic carbocycles. The fourth-order valence-corrected chi connectivity index (χ4v) is 1.84. The molecule has 0 aromatic heterocycles. The van der Waals surface area contributed by atoms with Gasteiger partial charge in [-0.2, -0.15) is 0 Å². The van der Waals surface area contributed by atoms with E-state index in [-0.39, 0.29) is 0 Å². The lowest BCUT2D eigenvalue weighted by Gasteiger charge is -2.10. The van der Waals surface area contributed by atoms with Gasteiger partial charge < -0.3 is 0 Å². The number of hydrogen-bond donors (Lipinski definition) is 2. The van der Waals surface area contributed by atoms with Gasteiger partial charge in [0.05, 0.1) is 6.17 Å². The summed E-state index contributed by atoms with van der Waals surface area (Å²) in [7, 11) is 0. The molecule has 2 N–H and O–H groups in total. The van der Waals surface area contributed by atoms with Gasteiger partial charge in [0, 0.05) is 17.6 Å². The molecule has 2 rings (SSSR count). The monoisotopic (exact) mass is 226 g/mol. The zero-order valence-corrected chi connectivity index (χ0v) is 8.26. The predicted molar refractivity (Wildman–Crippen MR) is 52.9 cm³/mol. The quantitative estimate of drug-likeness (QED) is 0.762. The molecule has 1 aliphatic heterocycles. The molecule has 0 unspecified atom stereocenters. The molecule has 1 aromatic rings. The molecule has 64 valence electrons. The minimum absolute atomic E-state index is 0.336. The lowest BCUT2D eigenvalue weighted by atomic mass is 10.2. The summed E-state index contributed by atoms with van der Waals surface area (Å²) in [6.45, 7) is 2.11. The Hall–Kier alpha value is -0.380. The lowest BCUT2D eigenvalue weighted by molar-refractivity contribution is 0.588. The summed E-state index contributed by atoms with van der Waals surface area (Å²) in [4.78, 5) is 0. The van der Waals surface area contributed by atoms with Crippen molar-refractivity contribution in [1.82, 2.24) is 10.6 Å². The molecule has 0 saturated carbocycles. The van der Waals surface area contributed by atoms with Crippen LogP contribution in [0.25, 0.3) is 0 Å². The van der Waals surface area contributed by atoms with Gasteiger partial charge in [-0.3, -0.25) is 10.6 Å². The molecule has 3 heteroatoms. The van der Waals surface area contributed by atoms with Crippen LogP contribution in [0.1, 0.15) is 11.7 Å². The zero-order chi connectivity index (χ0) is 8.39. The van der Waals surface area contributed by atoms with E-state index in [0.29, 0.717) is 6.17 Å². The van der Waals surface area contributed by atoms with Crippen LogP contribution in [0.15, 0.2) is 28.7 Å². The van der Waals surface area contributed by atoms with Crippen molar-refractivity contribution in [2.24, 2.45) is 0 Å². The fourth-order valence-electron chi connectivity index (χ4n) is 1.43. The number of halogens is 1. The summed E-state index contributed by atoms with van der Waals surface area (Å²) in [6, 6.07) is 8.36. The first kappa shape index (κ1) is 8.23. The number of benzene rings is 1. The van der Waals surface area contributed by atoms with Gasteiger partial charge in [-0.1, -0.05) is 28.1 Å². The van der Waals surface area contributed by atoms with Gasteiger partial charge in [0.1, 0.15) is 0 Å². The van der Waals surface area contributed by atoms with Crippen LogP contribution in [0.2, 0.25) is 0 Å². The van der Waals surface area contributed by atoms with Gasteiger partial charge in [-0.25, -0.2) is 0 Å². The molecular formula is C9H11BrN2. The van der Waals surface area contributed by atoms with Gasteiger partial charge in [-0.15, -0.1) is 0 Å². The molecule has 0 amide bonds. The van der Waals surface area contributed by atoms with E-state index in [1.54, 1.807) is 0 Å². The minimum Gasteiger partial charge on any atom is -0.297 e. The van der Waals surface area contributed by atoms with Crippen molar-refractivity contribution in [3.63, 3.8) is 0 Å². The molecular weight excluding hydrogens is 216 g/mol. The molecule has 1 aromatic carbocycles. The van der Waals surface area contributed by atoms with Gasteiger partial charge in [-0.05, 0) is 17.7 Å². The Balaban J connectivity index is 2.21. The van der Waals surface area contributed by atoms with Crippen molar-refractivity contribution in [2.75, 3.05) is 13.1 Å². The first-order valence-corrected chi connectivity index (χ1v) is 4.88. The highest BCUT2D eigenvalue weighted by Crippen LogP contribution is 2.17. The Morgan fingerprint density at radius 1 is 1.25 bits per heavy atom. The van der Waals surface area contributed by atoms with E-state index in [1.807, 2.05) is 6.07 Å². The Labute approximate surface area is 80.5 Å². The van der Waals surface area contributed by atoms with Gasteiger partial charge in [0.15, 0.2) is 0 Å². The standard InChI is InChI=1S/C9H11BrN2/c10-8-3-1-2-7(6-8)9-11-4-5-12-9/h1-3,6,9,11-12H,4-5H2. The first-order chi connectivity index (χ1) is 5.86. The third-order valence-electron chi connectivity index (χ3n) is 2.00. The summed E-state index contributed by atoms with van der Waals surface area (Å²) in [5.41, 5.74) is 1.29. The first-order valence-electron chi connectivity index (χ1n) is 4.08. The molecule has 0 spiro atoms. The van der Waals surface area contributed by atoms with E-state index in [1.165, 1.54) is 5.56 Å². The minimum atomic E-state index is 0.336. The van der Waals surface area contributed by atoms with Crippen LogP contribution in [0.5, 0.6) is 0 Å². The Morgan fingerprint density at radius 3 is 2.67 bits per heavy atom. The predicted octanol–water partition coefficient (Wildman–Crippen LogP) is 1.64. The number of rotatable bonds is 1. The molecule has 12 heavy (non-hydrogen) atoms. The topological polar surface area (TPSA) is 24.1 Å². The SMILES string of the molecule is Brc1cccc(C2NCCN2)c1. The summed E-state index contributed by atoms with van der Waals surface area (Å²) in [6.07, 6.45) is 0.336. The van der Waals surface area contributed by atoms with E-state index < -0.39 is 0 Å². The van der Waals surface area contributed by atoms with Gasteiger partial charge in [0.2, 0.25) is 0 Å². The van der Waals surface area contributed by atoms with Crippen LogP contribution < -0.4 is 10.6 Å². The van der Waals surface area contributed by atoms with E-state index in [0.717, 1.165) is 17.6 Å². The molecule has 2 nitrogen and oxygen atoms in total. The van der Waals surface area contributed by atoms with Crippen molar-refractivity contribution in [3.8, 4) is 0 Å².